The zero-order chi connectivity index (χ0) is 21.8. The maximum absolute atomic E-state index is 13.3. The Morgan fingerprint density at radius 2 is 1.68 bits per heavy atom. The minimum Gasteiger partial charge on any atom is -0.486 e. The molecule has 1 aliphatic rings. The molecule has 0 bridgehead atoms. The SMILES string of the molecule is O=C(CN(c1cccc(Cl)c1)S(=O)(=O)c1ccccc1)Nc1ccc2c(c1)OCCO2. The summed E-state index contributed by atoms with van der Waals surface area (Å²) in [6.45, 7) is 0.443. The number of anilines is 2. The van der Waals surface area contributed by atoms with E-state index in [0.29, 0.717) is 35.4 Å². The second-order valence-corrected chi connectivity index (χ2v) is 9.01. The first kappa shape index (κ1) is 21.0. The number of halogens is 1. The molecule has 0 saturated heterocycles. The molecule has 160 valence electrons. The third kappa shape index (κ3) is 4.76. The molecule has 0 unspecified atom stereocenters. The van der Waals surface area contributed by atoms with Gasteiger partial charge < -0.3 is 14.8 Å². The van der Waals surface area contributed by atoms with Gasteiger partial charge in [-0.2, -0.15) is 0 Å². The van der Waals surface area contributed by atoms with Gasteiger partial charge in [0.25, 0.3) is 10.0 Å². The summed E-state index contributed by atoms with van der Waals surface area (Å²) >= 11 is 6.07. The third-order valence-electron chi connectivity index (χ3n) is 4.54. The Hall–Kier alpha value is -3.23. The Kier molecular flexibility index (Phi) is 6.01. The predicted octanol–water partition coefficient (Wildman–Crippen LogP) is 3.95. The molecule has 0 aromatic heterocycles. The van der Waals surface area contributed by atoms with E-state index in [1.165, 1.54) is 18.2 Å². The molecule has 31 heavy (non-hydrogen) atoms. The van der Waals surface area contributed by atoms with Crippen molar-refractivity contribution in [3.63, 3.8) is 0 Å². The average molecular weight is 459 g/mol. The van der Waals surface area contributed by atoms with Gasteiger partial charge in [-0.1, -0.05) is 35.9 Å². The highest BCUT2D eigenvalue weighted by molar-refractivity contribution is 7.92. The van der Waals surface area contributed by atoms with Gasteiger partial charge in [-0.3, -0.25) is 9.10 Å². The highest BCUT2D eigenvalue weighted by Gasteiger charge is 2.27. The van der Waals surface area contributed by atoms with E-state index < -0.39 is 22.5 Å². The lowest BCUT2D eigenvalue weighted by Crippen LogP contribution is -2.38. The van der Waals surface area contributed by atoms with Crippen molar-refractivity contribution in [1.82, 2.24) is 0 Å². The maximum atomic E-state index is 13.3. The molecule has 7 nitrogen and oxygen atoms in total. The number of sulfonamides is 1. The predicted molar refractivity (Wildman–Crippen MR) is 118 cm³/mol. The summed E-state index contributed by atoms with van der Waals surface area (Å²) < 4.78 is 38.6. The lowest BCUT2D eigenvalue weighted by atomic mass is 10.2. The van der Waals surface area contributed by atoms with Crippen LogP contribution in [0.25, 0.3) is 0 Å². The van der Waals surface area contributed by atoms with E-state index >= 15 is 0 Å². The van der Waals surface area contributed by atoms with Crippen LogP contribution in [-0.4, -0.2) is 34.1 Å². The monoisotopic (exact) mass is 458 g/mol. The number of amides is 1. The van der Waals surface area contributed by atoms with E-state index in [0.717, 1.165) is 4.31 Å². The first-order valence-corrected chi connectivity index (χ1v) is 11.3. The zero-order valence-electron chi connectivity index (χ0n) is 16.3. The Labute approximate surface area is 185 Å². The Morgan fingerprint density at radius 1 is 0.935 bits per heavy atom. The van der Waals surface area contributed by atoms with Crippen molar-refractivity contribution in [2.24, 2.45) is 0 Å². The summed E-state index contributed by atoms with van der Waals surface area (Å²) in [6.07, 6.45) is 0. The minimum absolute atomic E-state index is 0.0714. The molecule has 9 heteroatoms. The molecule has 0 saturated carbocycles. The van der Waals surface area contributed by atoms with Crippen LogP contribution in [0.3, 0.4) is 0 Å². The molecule has 0 radical (unpaired) electrons. The van der Waals surface area contributed by atoms with E-state index in [1.54, 1.807) is 54.6 Å². The van der Waals surface area contributed by atoms with Gasteiger partial charge in [0.2, 0.25) is 5.91 Å². The van der Waals surface area contributed by atoms with Crippen LogP contribution in [0.1, 0.15) is 0 Å². The normalized spacial score (nSPS) is 12.8. The van der Waals surface area contributed by atoms with Crippen molar-refractivity contribution in [1.29, 1.82) is 0 Å². The van der Waals surface area contributed by atoms with Gasteiger partial charge in [0.15, 0.2) is 11.5 Å². The summed E-state index contributed by atoms with van der Waals surface area (Å²) in [5.74, 6) is 0.597. The van der Waals surface area contributed by atoms with Gasteiger partial charge in [-0.15, -0.1) is 0 Å². The van der Waals surface area contributed by atoms with E-state index in [1.807, 2.05) is 0 Å². The molecule has 3 aromatic carbocycles. The van der Waals surface area contributed by atoms with Crippen LogP contribution < -0.4 is 19.1 Å². The van der Waals surface area contributed by atoms with Crippen LogP contribution in [-0.2, 0) is 14.8 Å². The molecule has 1 amide bonds. The lowest BCUT2D eigenvalue weighted by Gasteiger charge is -2.24. The highest BCUT2D eigenvalue weighted by atomic mass is 35.5. The number of benzene rings is 3. The van der Waals surface area contributed by atoms with Crippen LogP contribution in [0.15, 0.2) is 77.7 Å². The maximum Gasteiger partial charge on any atom is 0.264 e. The summed E-state index contributed by atoms with van der Waals surface area (Å²) in [6, 6.07) is 19.3. The van der Waals surface area contributed by atoms with Crippen molar-refractivity contribution in [3.8, 4) is 11.5 Å². The first-order chi connectivity index (χ1) is 14.9. The molecule has 1 heterocycles. The Balaban J connectivity index is 1.61. The summed E-state index contributed by atoms with van der Waals surface area (Å²) in [5.41, 5.74) is 0.756. The number of rotatable bonds is 6. The molecular weight excluding hydrogens is 440 g/mol. The van der Waals surface area contributed by atoms with Crippen LogP contribution in [0, 0.1) is 0 Å². The molecule has 1 N–H and O–H groups in total. The molecule has 0 atom stereocenters. The van der Waals surface area contributed by atoms with Gasteiger partial charge in [0.1, 0.15) is 19.8 Å². The van der Waals surface area contributed by atoms with Gasteiger partial charge in [0.05, 0.1) is 10.6 Å². The van der Waals surface area contributed by atoms with Gasteiger partial charge in [0, 0.05) is 16.8 Å². The molecule has 4 rings (SSSR count). The number of hydrogen-bond donors (Lipinski definition) is 1. The van der Waals surface area contributed by atoms with Crippen LogP contribution in [0.5, 0.6) is 11.5 Å². The van der Waals surface area contributed by atoms with Gasteiger partial charge in [-0.05, 0) is 42.5 Å². The van der Waals surface area contributed by atoms with Crippen LogP contribution >= 0.6 is 11.6 Å². The molecule has 0 aliphatic carbocycles. The number of ether oxygens (including phenoxy) is 2. The first-order valence-electron chi connectivity index (χ1n) is 9.46. The third-order valence-corrected chi connectivity index (χ3v) is 6.56. The molecule has 3 aromatic rings. The van der Waals surface area contributed by atoms with E-state index in [4.69, 9.17) is 21.1 Å². The molecule has 1 aliphatic heterocycles. The van der Waals surface area contributed by atoms with E-state index in [-0.39, 0.29) is 10.6 Å². The Morgan fingerprint density at radius 3 is 2.42 bits per heavy atom. The topological polar surface area (TPSA) is 84.9 Å². The summed E-state index contributed by atoms with van der Waals surface area (Å²) in [4.78, 5) is 12.9. The van der Waals surface area contributed by atoms with Gasteiger partial charge in [-0.25, -0.2) is 8.42 Å². The minimum atomic E-state index is -4.00. The summed E-state index contributed by atoms with van der Waals surface area (Å²) in [5, 5.41) is 3.08. The lowest BCUT2D eigenvalue weighted by molar-refractivity contribution is -0.114. The number of carbonyl (C=O) groups excluding carboxylic acids is 1. The standard InChI is InChI=1S/C22H19ClN2O5S/c23-16-5-4-6-18(13-16)25(31(27,28)19-7-2-1-3-8-19)15-22(26)24-17-9-10-20-21(14-17)30-12-11-29-20/h1-10,13-14H,11-12,15H2,(H,24,26). The fourth-order valence-corrected chi connectivity index (χ4v) is 4.74. The zero-order valence-corrected chi connectivity index (χ0v) is 17.9. The van der Waals surface area contributed by atoms with Crippen molar-refractivity contribution < 1.29 is 22.7 Å². The van der Waals surface area contributed by atoms with E-state index in [2.05, 4.69) is 5.32 Å². The molecule has 0 spiro atoms. The summed E-state index contributed by atoms with van der Waals surface area (Å²) in [7, 11) is -4.00. The van der Waals surface area contributed by atoms with E-state index in [9.17, 15) is 13.2 Å². The smallest absolute Gasteiger partial charge is 0.264 e. The van der Waals surface area contributed by atoms with Crippen molar-refractivity contribution >= 4 is 38.9 Å². The van der Waals surface area contributed by atoms with Crippen LogP contribution in [0.4, 0.5) is 11.4 Å². The van der Waals surface area contributed by atoms with Crippen molar-refractivity contribution in [3.05, 3.63) is 77.8 Å². The van der Waals surface area contributed by atoms with Crippen molar-refractivity contribution in [2.75, 3.05) is 29.4 Å². The second-order valence-electron chi connectivity index (χ2n) is 6.71. The average Bonchev–Trinajstić information content (AvgIpc) is 2.78. The quantitative estimate of drug-likeness (QED) is 0.604. The highest BCUT2D eigenvalue weighted by Crippen LogP contribution is 2.33. The van der Waals surface area contributed by atoms with Crippen molar-refractivity contribution in [2.45, 2.75) is 4.90 Å². The Bertz CT molecular complexity index is 1200. The molecule has 0 fully saturated rings. The number of fused-ring (bicyclic) bond motifs is 1. The van der Waals surface area contributed by atoms with Gasteiger partial charge >= 0.3 is 0 Å². The largest absolute Gasteiger partial charge is 0.486 e. The number of hydrogen-bond acceptors (Lipinski definition) is 5. The fourth-order valence-electron chi connectivity index (χ4n) is 3.12. The fraction of sp³-hybridized carbons (Fsp3) is 0.136. The second kappa shape index (κ2) is 8.87. The molecular formula is C22H19ClN2O5S. The number of carbonyl (C=O) groups is 1. The number of nitrogens with zero attached hydrogens (tertiary/aromatic N) is 1. The number of nitrogens with one attached hydrogen (secondary N) is 1. The van der Waals surface area contributed by atoms with Crippen LogP contribution in [0.2, 0.25) is 5.02 Å².